The second-order valence-electron chi connectivity index (χ2n) is 4.81. The van der Waals surface area contributed by atoms with E-state index in [0.29, 0.717) is 5.41 Å². The number of carbonyl (C=O) groups is 1. The van der Waals surface area contributed by atoms with Crippen molar-refractivity contribution in [2.45, 2.75) is 45.1 Å². The van der Waals surface area contributed by atoms with E-state index in [2.05, 4.69) is 13.8 Å². The highest BCUT2D eigenvalue weighted by atomic mass is 35.5. The smallest absolute Gasteiger partial charge is 0.325 e. The van der Waals surface area contributed by atoms with Gasteiger partial charge in [-0.25, -0.2) is 0 Å². The molecule has 1 fully saturated rings. The molecule has 84 valence electrons. The van der Waals surface area contributed by atoms with Crippen molar-refractivity contribution in [1.29, 1.82) is 0 Å². The molecule has 1 aliphatic rings. The summed E-state index contributed by atoms with van der Waals surface area (Å²) in [5.41, 5.74) is 5.57. The molecule has 0 saturated heterocycles. The quantitative estimate of drug-likeness (QED) is 0.688. The number of esters is 1. The molecule has 0 aliphatic heterocycles. The third-order valence-electron chi connectivity index (χ3n) is 3.09. The van der Waals surface area contributed by atoms with Gasteiger partial charge in [-0.3, -0.25) is 4.79 Å². The lowest BCUT2D eigenvalue weighted by Crippen LogP contribution is -2.52. The fourth-order valence-electron chi connectivity index (χ4n) is 1.78. The minimum absolute atomic E-state index is 0. The van der Waals surface area contributed by atoms with E-state index in [1.54, 1.807) is 0 Å². The summed E-state index contributed by atoms with van der Waals surface area (Å²) < 4.78 is 4.70. The molecule has 14 heavy (non-hydrogen) atoms. The Morgan fingerprint density at radius 2 is 1.64 bits per heavy atom. The van der Waals surface area contributed by atoms with Gasteiger partial charge in [0, 0.05) is 0 Å². The van der Waals surface area contributed by atoms with Crippen LogP contribution in [0.5, 0.6) is 0 Å². The summed E-state index contributed by atoms with van der Waals surface area (Å²) in [4.78, 5) is 11.4. The van der Waals surface area contributed by atoms with E-state index in [0.717, 1.165) is 25.7 Å². The zero-order valence-corrected chi connectivity index (χ0v) is 9.95. The van der Waals surface area contributed by atoms with E-state index >= 15 is 0 Å². The fraction of sp³-hybridized carbons (Fsp3) is 0.900. The zero-order valence-electron chi connectivity index (χ0n) is 9.13. The third kappa shape index (κ3) is 2.85. The molecule has 2 N–H and O–H groups in total. The maximum Gasteiger partial charge on any atom is 0.325 e. The number of halogens is 1. The first-order valence-corrected chi connectivity index (χ1v) is 4.77. The lowest BCUT2D eigenvalue weighted by Gasteiger charge is -2.39. The van der Waals surface area contributed by atoms with Gasteiger partial charge in [0.2, 0.25) is 0 Å². The first-order valence-electron chi connectivity index (χ1n) is 4.77. The number of hydrogen-bond donors (Lipinski definition) is 1. The van der Waals surface area contributed by atoms with Crippen LogP contribution >= 0.6 is 12.4 Å². The highest BCUT2D eigenvalue weighted by Crippen LogP contribution is 2.39. The molecule has 0 heterocycles. The van der Waals surface area contributed by atoms with E-state index in [1.165, 1.54) is 7.11 Å². The number of rotatable bonds is 1. The Bertz CT molecular complexity index is 206. The predicted octanol–water partition coefficient (Wildman–Crippen LogP) is 1.88. The van der Waals surface area contributed by atoms with E-state index in [-0.39, 0.29) is 18.4 Å². The summed E-state index contributed by atoms with van der Waals surface area (Å²) in [6.45, 7) is 4.42. The summed E-state index contributed by atoms with van der Waals surface area (Å²) in [7, 11) is 1.40. The summed E-state index contributed by atoms with van der Waals surface area (Å²) in [6.07, 6.45) is 3.48. The van der Waals surface area contributed by atoms with Crippen LogP contribution in [0.1, 0.15) is 39.5 Å². The second kappa shape index (κ2) is 4.49. The Morgan fingerprint density at radius 1 is 1.21 bits per heavy atom. The maximum atomic E-state index is 11.4. The van der Waals surface area contributed by atoms with Crippen LogP contribution in [0.15, 0.2) is 0 Å². The molecular weight excluding hydrogens is 202 g/mol. The highest BCUT2D eigenvalue weighted by Gasteiger charge is 2.41. The number of carbonyl (C=O) groups excluding carboxylic acids is 1. The van der Waals surface area contributed by atoms with Crippen molar-refractivity contribution in [2.24, 2.45) is 11.1 Å². The monoisotopic (exact) mass is 221 g/mol. The van der Waals surface area contributed by atoms with Crippen molar-refractivity contribution < 1.29 is 9.53 Å². The molecule has 0 unspecified atom stereocenters. The van der Waals surface area contributed by atoms with Gasteiger partial charge in [-0.15, -0.1) is 12.4 Å². The Labute approximate surface area is 91.8 Å². The third-order valence-corrected chi connectivity index (χ3v) is 3.09. The van der Waals surface area contributed by atoms with Gasteiger partial charge in [0.15, 0.2) is 0 Å². The summed E-state index contributed by atoms with van der Waals surface area (Å²) in [6, 6.07) is 0. The second-order valence-corrected chi connectivity index (χ2v) is 4.81. The molecule has 1 saturated carbocycles. The van der Waals surface area contributed by atoms with E-state index in [1.807, 2.05) is 0 Å². The number of nitrogens with two attached hydrogens (primary N) is 1. The number of hydrogen-bond acceptors (Lipinski definition) is 3. The van der Waals surface area contributed by atoms with E-state index in [4.69, 9.17) is 10.5 Å². The Morgan fingerprint density at radius 3 is 2.00 bits per heavy atom. The normalized spacial score (nSPS) is 23.4. The van der Waals surface area contributed by atoms with Crippen molar-refractivity contribution in [3.8, 4) is 0 Å². The Kier molecular flexibility index (Phi) is 4.40. The predicted molar refractivity (Wildman–Crippen MR) is 58.4 cm³/mol. The standard InChI is InChI=1S/C10H19NO2.ClH/c1-9(2)4-6-10(11,7-5-9)8(12)13-3;/h4-7,11H2,1-3H3;1H. The first kappa shape index (κ1) is 13.7. The van der Waals surface area contributed by atoms with E-state index in [9.17, 15) is 4.79 Å². The maximum absolute atomic E-state index is 11.4. The van der Waals surface area contributed by atoms with Crippen molar-refractivity contribution in [3.63, 3.8) is 0 Å². The van der Waals surface area contributed by atoms with Gasteiger partial charge >= 0.3 is 5.97 Å². The average molecular weight is 222 g/mol. The molecule has 3 nitrogen and oxygen atoms in total. The van der Waals surface area contributed by atoms with Crippen molar-refractivity contribution in [2.75, 3.05) is 7.11 Å². The van der Waals surface area contributed by atoms with Gasteiger partial charge in [0.1, 0.15) is 5.54 Å². The molecule has 0 bridgehead atoms. The number of ether oxygens (including phenoxy) is 1. The van der Waals surface area contributed by atoms with E-state index < -0.39 is 5.54 Å². The molecule has 0 aromatic carbocycles. The van der Waals surface area contributed by atoms with Crippen LogP contribution in [0.25, 0.3) is 0 Å². The molecule has 0 spiro atoms. The SMILES string of the molecule is COC(=O)C1(N)CCC(C)(C)CC1.Cl. The van der Waals surface area contributed by atoms with Crippen LogP contribution in [0.3, 0.4) is 0 Å². The van der Waals surface area contributed by atoms with Gasteiger partial charge < -0.3 is 10.5 Å². The summed E-state index contributed by atoms with van der Waals surface area (Å²) >= 11 is 0. The van der Waals surface area contributed by atoms with Crippen molar-refractivity contribution in [3.05, 3.63) is 0 Å². The molecule has 0 amide bonds. The zero-order chi connectivity index (χ0) is 10.1. The topological polar surface area (TPSA) is 52.3 Å². The van der Waals surface area contributed by atoms with Gasteiger partial charge in [-0.05, 0) is 31.1 Å². The molecule has 0 aromatic rings. The fourth-order valence-corrected chi connectivity index (χ4v) is 1.78. The summed E-state index contributed by atoms with van der Waals surface area (Å²) in [5, 5.41) is 0. The molecule has 0 radical (unpaired) electrons. The van der Waals surface area contributed by atoms with Crippen LogP contribution in [0.4, 0.5) is 0 Å². The van der Waals surface area contributed by atoms with Crippen LogP contribution in [-0.4, -0.2) is 18.6 Å². The van der Waals surface area contributed by atoms with Crippen LogP contribution in [-0.2, 0) is 9.53 Å². The largest absolute Gasteiger partial charge is 0.468 e. The van der Waals surface area contributed by atoms with Crippen LogP contribution in [0, 0.1) is 5.41 Å². The summed E-state index contributed by atoms with van der Waals surface area (Å²) in [5.74, 6) is -0.261. The van der Waals surface area contributed by atoms with Gasteiger partial charge in [0.25, 0.3) is 0 Å². The van der Waals surface area contributed by atoms with Crippen LogP contribution in [0.2, 0.25) is 0 Å². The van der Waals surface area contributed by atoms with Crippen molar-refractivity contribution >= 4 is 18.4 Å². The minimum Gasteiger partial charge on any atom is -0.468 e. The molecule has 0 aromatic heterocycles. The Hall–Kier alpha value is -0.280. The minimum atomic E-state index is -0.718. The Balaban J connectivity index is 0.00000169. The lowest BCUT2D eigenvalue weighted by molar-refractivity contribution is -0.149. The molecule has 1 aliphatic carbocycles. The van der Waals surface area contributed by atoms with Gasteiger partial charge in [0.05, 0.1) is 7.11 Å². The molecule has 4 heteroatoms. The van der Waals surface area contributed by atoms with Gasteiger partial charge in [-0.2, -0.15) is 0 Å². The first-order chi connectivity index (χ1) is 5.90. The van der Waals surface area contributed by atoms with Gasteiger partial charge in [-0.1, -0.05) is 13.8 Å². The molecule has 1 rings (SSSR count). The van der Waals surface area contributed by atoms with Crippen molar-refractivity contribution in [1.82, 2.24) is 0 Å². The average Bonchev–Trinajstić information content (AvgIpc) is 2.09. The highest BCUT2D eigenvalue weighted by molar-refractivity contribution is 5.85. The number of methoxy groups -OCH3 is 1. The molecule has 0 atom stereocenters. The lowest BCUT2D eigenvalue weighted by atomic mass is 9.70. The molecular formula is C10H20ClNO2. The van der Waals surface area contributed by atoms with Crippen LogP contribution < -0.4 is 5.73 Å².